The smallest absolute Gasteiger partial charge is 0.261 e. The number of hydrogen-bond acceptors (Lipinski definition) is 4. The molecule has 1 aliphatic heterocycles. The number of amides is 1. The Morgan fingerprint density at radius 1 is 1.35 bits per heavy atom. The van der Waals surface area contributed by atoms with Gasteiger partial charge in [-0.05, 0) is 43.2 Å². The van der Waals surface area contributed by atoms with Gasteiger partial charge in [0, 0.05) is 18.4 Å². The van der Waals surface area contributed by atoms with Crippen LogP contribution in [-0.2, 0) is 4.74 Å². The topological polar surface area (TPSA) is 74.5 Å². The van der Waals surface area contributed by atoms with Gasteiger partial charge in [0.25, 0.3) is 5.91 Å². The lowest BCUT2D eigenvalue weighted by atomic mass is 10.2. The standard InChI is InChI=1S/C17H18N2O4/c20-17(13-3-1-9-19(21)11-13)18-14-5-7-15(8-6-14)23-12-16-4-2-10-22-16/h1,3,5-9,11,16H,2,4,10,12H2,(H,18,20). The molecule has 1 aromatic heterocycles. The van der Waals surface area contributed by atoms with E-state index in [2.05, 4.69) is 5.32 Å². The van der Waals surface area contributed by atoms with Crippen molar-refractivity contribution in [3.05, 3.63) is 59.6 Å². The lowest BCUT2D eigenvalue weighted by Crippen LogP contribution is -2.27. The normalized spacial score (nSPS) is 17.0. The highest BCUT2D eigenvalue weighted by Crippen LogP contribution is 2.18. The number of rotatable bonds is 5. The Hall–Kier alpha value is -2.60. The van der Waals surface area contributed by atoms with E-state index in [9.17, 15) is 10.0 Å². The van der Waals surface area contributed by atoms with Gasteiger partial charge in [-0.1, -0.05) is 0 Å². The van der Waals surface area contributed by atoms with Gasteiger partial charge in [0.15, 0.2) is 12.4 Å². The molecule has 0 radical (unpaired) electrons. The molecule has 1 amide bonds. The number of nitrogens with one attached hydrogen (secondary N) is 1. The quantitative estimate of drug-likeness (QED) is 0.678. The molecule has 2 aromatic rings. The number of carbonyl (C=O) groups is 1. The van der Waals surface area contributed by atoms with Crippen LogP contribution in [0.5, 0.6) is 5.75 Å². The molecule has 23 heavy (non-hydrogen) atoms. The van der Waals surface area contributed by atoms with Gasteiger partial charge >= 0.3 is 0 Å². The van der Waals surface area contributed by atoms with Crippen molar-refractivity contribution >= 4 is 11.6 Å². The largest absolute Gasteiger partial charge is 0.619 e. The van der Waals surface area contributed by atoms with Crippen molar-refractivity contribution in [1.29, 1.82) is 0 Å². The maximum absolute atomic E-state index is 12.0. The molecule has 1 saturated heterocycles. The van der Waals surface area contributed by atoms with E-state index in [4.69, 9.17) is 9.47 Å². The highest BCUT2D eigenvalue weighted by Gasteiger charge is 2.16. The SMILES string of the molecule is O=C(Nc1ccc(OCC2CCCO2)cc1)c1ccc[n+]([O-])c1. The molecule has 1 unspecified atom stereocenters. The van der Waals surface area contributed by atoms with Crippen LogP contribution < -0.4 is 14.8 Å². The summed E-state index contributed by atoms with van der Waals surface area (Å²) < 4.78 is 11.8. The van der Waals surface area contributed by atoms with E-state index in [0.29, 0.717) is 22.6 Å². The van der Waals surface area contributed by atoms with E-state index in [1.165, 1.54) is 18.5 Å². The van der Waals surface area contributed by atoms with Crippen LogP contribution in [0.3, 0.4) is 0 Å². The Kier molecular flexibility index (Phi) is 4.73. The predicted molar refractivity (Wildman–Crippen MR) is 84.3 cm³/mol. The van der Waals surface area contributed by atoms with Crippen molar-refractivity contribution in [2.45, 2.75) is 18.9 Å². The van der Waals surface area contributed by atoms with Gasteiger partial charge in [-0.3, -0.25) is 4.79 Å². The second-order valence-electron chi connectivity index (χ2n) is 5.38. The summed E-state index contributed by atoms with van der Waals surface area (Å²) in [5, 5.41) is 13.9. The van der Waals surface area contributed by atoms with Crippen LogP contribution >= 0.6 is 0 Å². The number of benzene rings is 1. The maximum Gasteiger partial charge on any atom is 0.261 e. The molecule has 1 N–H and O–H groups in total. The third-order valence-electron chi connectivity index (χ3n) is 3.61. The minimum Gasteiger partial charge on any atom is -0.619 e. The first-order valence-corrected chi connectivity index (χ1v) is 7.55. The highest BCUT2D eigenvalue weighted by molar-refractivity contribution is 6.03. The van der Waals surface area contributed by atoms with Crippen LogP contribution in [0, 0.1) is 5.21 Å². The zero-order chi connectivity index (χ0) is 16.1. The van der Waals surface area contributed by atoms with Crippen molar-refractivity contribution in [3.63, 3.8) is 0 Å². The molecular formula is C17H18N2O4. The minimum atomic E-state index is -0.330. The summed E-state index contributed by atoms with van der Waals surface area (Å²) in [7, 11) is 0. The third-order valence-corrected chi connectivity index (χ3v) is 3.61. The van der Waals surface area contributed by atoms with Gasteiger partial charge in [0.2, 0.25) is 0 Å². The van der Waals surface area contributed by atoms with Gasteiger partial charge in [-0.25, -0.2) is 0 Å². The fraction of sp³-hybridized carbons (Fsp3) is 0.294. The van der Waals surface area contributed by atoms with Crippen molar-refractivity contribution in [3.8, 4) is 5.75 Å². The average Bonchev–Trinajstić information content (AvgIpc) is 3.08. The van der Waals surface area contributed by atoms with Crippen LogP contribution in [0.1, 0.15) is 23.2 Å². The minimum absolute atomic E-state index is 0.172. The van der Waals surface area contributed by atoms with Crippen LogP contribution in [-0.4, -0.2) is 25.2 Å². The fourth-order valence-electron chi connectivity index (χ4n) is 2.39. The molecular weight excluding hydrogens is 296 g/mol. The summed E-state index contributed by atoms with van der Waals surface area (Å²) in [4.78, 5) is 12.0. The summed E-state index contributed by atoms with van der Waals surface area (Å²) in [6.45, 7) is 1.35. The Labute approximate surface area is 134 Å². The van der Waals surface area contributed by atoms with E-state index in [1.807, 2.05) is 0 Å². The predicted octanol–water partition coefficient (Wildman–Crippen LogP) is 2.13. The molecule has 0 bridgehead atoms. The Balaban J connectivity index is 1.55. The Morgan fingerprint density at radius 3 is 2.87 bits per heavy atom. The number of pyridine rings is 1. The second-order valence-corrected chi connectivity index (χ2v) is 5.38. The van der Waals surface area contributed by atoms with Crippen molar-refractivity contribution in [2.24, 2.45) is 0 Å². The highest BCUT2D eigenvalue weighted by atomic mass is 16.5. The molecule has 0 spiro atoms. The van der Waals surface area contributed by atoms with Gasteiger partial charge in [0.1, 0.15) is 17.9 Å². The van der Waals surface area contributed by atoms with Crippen molar-refractivity contribution in [2.75, 3.05) is 18.5 Å². The third kappa shape index (κ3) is 4.20. The van der Waals surface area contributed by atoms with Crippen molar-refractivity contribution in [1.82, 2.24) is 0 Å². The summed E-state index contributed by atoms with van der Waals surface area (Å²) in [5.74, 6) is 0.402. The molecule has 1 aliphatic rings. The molecule has 2 heterocycles. The van der Waals surface area contributed by atoms with Gasteiger partial charge < -0.3 is 20.0 Å². The van der Waals surface area contributed by atoms with E-state index < -0.39 is 0 Å². The van der Waals surface area contributed by atoms with E-state index in [-0.39, 0.29) is 12.0 Å². The molecule has 0 saturated carbocycles. The molecule has 1 fully saturated rings. The monoisotopic (exact) mass is 314 g/mol. The van der Waals surface area contributed by atoms with Gasteiger partial charge in [-0.15, -0.1) is 0 Å². The zero-order valence-corrected chi connectivity index (χ0v) is 12.6. The zero-order valence-electron chi connectivity index (χ0n) is 12.6. The molecule has 120 valence electrons. The fourth-order valence-corrected chi connectivity index (χ4v) is 2.39. The number of nitrogens with zero attached hydrogens (tertiary/aromatic N) is 1. The number of anilines is 1. The Morgan fingerprint density at radius 2 is 2.17 bits per heavy atom. The lowest BCUT2D eigenvalue weighted by Gasteiger charge is -2.12. The van der Waals surface area contributed by atoms with Crippen LogP contribution in [0.25, 0.3) is 0 Å². The first-order valence-electron chi connectivity index (χ1n) is 7.55. The van der Waals surface area contributed by atoms with E-state index >= 15 is 0 Å². The average molecular weight is 314 g/mol. The molecule has 0 aliphatic carbocycles. The summed E-state index contributed by atoms with van der Waals surface area (Å²) in [5.41, 5.74) is 0.946. The summed E-state index contributed by atoms with van der Waals surface area (Å²) in [6.07, 6.45) is 4.85. The molecule has 6 heteroatoms. The van der Waals surface area contributed by atoms with Crippen LogP contribution in [0.2, 0.25) is 0 Å². The molecule has 1 atom stereocenters. The number of carbonyl (C=O) groups excluding carboxylic acids is 1. The lowest BCUT2D eigenvalue weighted by molar-refractivity contribution is -0.605. The Bertz CT molecular complexity index is 667. The maximum atomic E-state index is 12.0. The molecule has 1 aromatic carbocycles. The van der Waals surface area contributed by atoms with Gasteiger partial charge in [-0.2, -0.15) is 4.73 Å². The summed E-state index contributed by atoms with van der Waals surface area (Å²) >= 11 is 0. The van der Waals surface area contributed by atoms with Crippen LogP contribution in [0.4, 0.5) is 5.69 Å². The molecule has 3 rings (SSSR count). The van der Waals surface area contributed by atoms with Crippen LogP contribution in [0.15, 0.2) is 48.8 Å². The van der Waals surface area contributed by atoms with E-state index in [0.717, 1.165) is 25.2 Å². The number of hydrogen-bond donors (Lipinski definition) is 1. The van der Waals surface area contributed by atoms with Gasteiger partial charge in [0.05, 0.1) is 6.10 Å². The van der Waals surface area contributed by atoms with E-state index in [1.54, 1.807) is 30.3 Å². The summed E-state index contributed by atoms with van der Waals surface area (Å²) in [6, 6.07) is 10.2. The number of aromatic nitrogens is 1. The number of ether oxygens (including phenoxy) is 2. The molecule has 6 nitrogen and oxygen atoms in total. The second kappa shape index (κ2) is 7.11. The first-order chi connectivity index (χ1) is 11.2. The van der Waals surface area contributed by atoms with Crippen molar-refractivity contribution < 1.29 is 19.0 Å². The first kappa shape index (κ1) is 15.3.